The number of hydrogen-bond acceptors (Lipinski definition) is 2. The molecule has 0 radical (unpaired) electrons. The van der Waals surface area contributed by atoms with Crippen LogP contribution >= 0.6 is 0 Å². The number of carboxylic acids is 1. The quantitative estimate of drug-likeness (QED) is 0.714. The van der Waals surface area contributed by atoms with Crippen molar-refractivity contribution in [2.24, 2.45) is 0 Å². The van der Waals surface area contributed by atoms with Gasteiger partial charge < -0.3 is 10.8 Å². The summed E-state index contributed by atoms with van der Waals surface area (Å²) in [5.41, 5.74) is 5.27. The van der Waals surface area contributed by atoms with Gasteiger partial charge in [0.05, 0.1) is 0 Å². The molecule has 0 saturated heterocycles. The third-order valence-electron chi connectivity index (χ3n) is 2.04. The first-order chi connectivity index (χ1) is 6.45. The molecule has 0 fully saturated rings. The zero-order chi connectivity index (χ0) is 10.9. The Hall–Kier alpha value is -1.58. The van der Waals surface area contributed by atoms with Crippen molar-refractivity contribution in [1.29, 1.82) is 0 Å². The van der Waals surface area contributed by atoms with Crippen LogP contribution < -0.4 is 5.73 Å². The Labute approximate surface area is 81.4 Å². The molecule has 0 aliphatic heterocycles. The minimum Gasteiger partial charge on any atom is -0.478 e. The molecular weight excluding hydrogens is 185 g/mol. The first kappa shape index (κ1) is 10.5. The van der Waals surface area contributed by atoms with Crippen LogP contribution in [-0.4, -0.2) is 11.1 Å². The fourth-order valence-corrected chi connectivity index (χ4v) is 1.27. The van der Waals surface area contributed by atoms with Gasteiger partial charge in [-0.05, 0) is 17.5 Å². The number of aromatic carboxylic acids is 1. The Kier molecular flexibility index (Phi) is 2.74. The highest BCUT2D eigenvalue weighted by molar-refractivity contribution is 5.94. The predicted octanol–water partition coefficient (Wildman–Crippen LogP) is 2.23. The number of halogens is 1. The first-order valence-electron chi connectivity index (χ1n) is 4.26. The van der Waals surface area contributed by atoms with Gasteiger partial charge in [0, 0.05) is 5.69 Å². The molecule has 0 spiro atoms. The van der Waals surface area contributed by atoms with Crippen LogP contribution in [0.1, 0.15) is 35.7 Å². The molecule has 0 amide bonds. The van der Waals surface area contributed by atoms with E-state index < -0.39 is 17.3 Å². The molecule has 0 unspecified atom stereocenters. The summed E-state index contributed by atoms with van der Waals surface area (Å²) in [5.74, 6) is -2.12. The van der Waals surface area contributed by atoms with Crippen LogP contribution in [0.15, 0.2) is 12.1 Å². The fraction of sp³-hybridized carbons (Fsp3) is 0.300. The lowest BCUT2D eigenvalue weighted by Crippen LogP contribution is -2.08. The summed E-state index contributed by atoms with van der Waals surface area (Å²) in [7, 11) is 0. The molecule has 0 aliphatic rings. The number of rotatable bonds is 2. The highest BCUT2D eigenvalue weighted by Crippen LogP contribution is 2.25. The second-order valence-electron chi connectivity index (χ2n) is 3.39. The maximum absolute atomic E-state index is 13.6. The second-order valence-corrected chi connectivity index (χ2v) is 3.39. The maximum Gasteiger partial charge on any atom is 0.340 e. The highest BCUT2D eigenvalue weighted by atomic mass is 19.1. The van der Waals surface area contributed by atoms with E-state index in [0.717, 1.165) is 0 Å². The Morgan fingerprint density at radius 2 is 2.07 bits per heavy atom. The molecule has 0 atom stereocenters. The van der Waals surface area contributed by atoms with Crippen molar-refractivity contribution in [3.8, 4) is 0 Å². The number of anilines is 1. The molecule has 14 heavy (non-hydrogen) atoms. The summed E-state index contributed by atoms with van der Waals surface area (Å²) >= 11 is 0. The number of nitrogens with two attached hydrogens (primary N) is 1. The molecule has 0 saturated carbocycles. The average molecular weight is 197 g/mol. The molecular formula is C10H12FNO2. The van der Waals surface area contributed by atoms with Crippen molar-refractivity contribution < 1.29 is 14.3 Å². The molecule has 76 valence electrons. The molecule has 4 heteroatoms. The predicted molar refractivity (Wildman–Crippen MR) is 51.9 cm³/mol. The monoisotopic (exact) mass is 197 g/mol. The maximum atomic E-state index is 13.6. The van der Waals surface area contributed by atoms with Gasteiger partial charge in [-0.1, -0.05) is 19.9 Å². The van der Waals surface area contributed by atoms with Gasteiger partial charge in [-0.15, -0.1) is 0 Å². The number of hydrogen-bond donors (Lipinski definition) is 2. The minimum absolute atomic E-state index is 0.0422. The molecule has 3 nitrogen and oxygen atoms in total. The third kappa shape index (κ3) is 1.69. The van der Waals surface area contributed by atoms with E-state index in [9.17, 15) is 9.18 Å². The topological polar surface area (TPSA) is 63.3 Å². The van der Waals surface area contributed by atoms with Gasteiger partial charge in [-0.3, -0.25) is 0 Å². The van der Waals surface area contributed by atoms with Gasteiger partial charge >= 0.3 is 5.97 Å². The van der Waals surface area contributed by atoms with Crippen molar-refractivity contribution >= 4 is 11.7 Å². The Bertz CT molecular complexity index is 375. The van der Waals surface area contributed by atoms with Gasteiger partial charge in [-0.2, -0.15) is 0 Å². The van der Waals surface area contributed by atoms with Gasteiger partial charge in [0.2, 0.25) is 0 Å². The SMILES string of the molecule is CC(C)c1ccc(N)c(C(=O)O)c1F. The summed E-state index contributed by atoms with van der Waals surface area (Å²) in [6.45, 7) is 3.58. The van der Waals surface area contributed by atoms with E-state index in [4.69, 9.17) is 10.8 Å². The van der Waals surface area contributed by atoms with E-state index >= 15 is 0 Å². The smallest absolute Gasteiger partial charge is 0.340 e. The molecule has 3 N–H and O–H groups in total. The van der Waals surface area contributed by atoms with Crippen LogP contribution in [0.2, 0.25) is 0 Å². The summed E-state index contributed by atoms with van der Waals surface area (Å²) in [4.78, 5) is 10.7. The Morgan fingerprint density at radius 3 is 2.50 bits per heavy atom. The van der Waals surface area contributed by atoms with Crippen LogP contribution in [-0.2, 0) is 0 Å². The summed E-state index contributed by atoms with van der Waals surface area (Å²) in [6.07, 6.45) is 0. The van der Waals surface area contributed by atoms with E-state index in [1.54, 1.807) is 13.8 Å². The lowest BCUT2D eigenvalue weighted by molar-refractivity contribution is 0.0693. The summed E-state index contributed by atoms with van der Waals surface area (Å²) in [5, 5.41) is 8.73. The Morgan fingerprint density at radius 1 is 1.50 bits per heavy atom. The average Bonchev–Trinajstić information content (AvgIpc) is 2.02. The first-order valence-corrected chi connectivity index (χ1v) is 4.26. The molecule has 1 rings (SSSR count). The van der Waals surface area contributed by atoms with E-state index in [2.05, 4.69) is 0 Å². The van der Waals surface area contributed by atoms with Crippen molar-refractivity contribution in [3.63, 3.8) is 0 Å². The molecule has 0 aromatic heterocycles. The summed E-state index contributed by atoms with van der Waals surface area (Å²) in [6, 6.07) is 2.93. The fourth-order valence-electron chi connectivity index (χ4n) is 1.27. The number of nitrogen functional groups attached to an aromatic ring is 1. The Balaban J connectivity index is 3.41. The van der Waals surface area contributed by atoms with Crippen molar-refractivity contribution in [3.05, 3.63) is 29.1 Å². The van der Waals surface area contributed by atoms with Crippen molar-refractivity contribution in [2.45, 2.75) is 19.8 Å². The lowest BCUT2D eigenvalue weighted by Gasteiger charge is -2.10. The van der Waals surface area contributed by atoms with Crippen LogP contribution in [0, 0.1) is 5.82 Å². The van der Waals surface area contributed by atoms with Gasteiger partial charge in [0.15, 0.2) is 0 Å². The van der Waals surface area contributed by atoms with Gasteiger partial charge in [0.1, 0.15) is 11.4 Å². The number of carboxylic acid groups (broad SMARTS) is 1. The highest BCUT2D eigenvalue weighted by Gasteiger charge is 2.18. The molecule has 1 aromatic carbocycles. The van der Waals surface area contributed by atoms with Crippen LogP contribution in [0.5, 0.6) is 0 Å². The molecule has 1 aromatic rings. The zero-order valence-electron chi connectivity index (χ0n) is 8.04. The van der Waals surface area contributed by atoms with E-state index in [0.29, 0.717) is 5.56 Å². The number of carbonyl (C=O) groups is 1. The van der Waals surface area contributed by atoms with Crippen LogP contribution in [0.3, 0.4) is 0 Å². The van der Waals surface area contributed by atoms with Crippen molar-refractivity contribution in [2.75, 3.05) is 5.73 Å². The van der Waals surface area contributed by atoms with E-state index in [-0.39, 0.29) is 11.6 Å². The third-order valence-corrected chi connectivity index (χ3v) is 2.04. The second kappa shape index (κ2) is 3.65. The standard InChI is InChI=1S/C10H12FNO2/c1-5(2)6-3-4-7(12)8(9(6)11)10(13)14/h3-5H,12H2,1-2H3,(H,13,14). The van der Waals surface area contributed by atoms with Crippen LogP contribution in [0.25, 0.3) is 0 Å². The molecule has 0 aliphatic carbocycles. The zero-order valence-corrected chi connectivity index (χ0v) is 8.04. The van der Waals surface area contributed by atoms with E-state index in [1.165, 1.54) is 12.1 Å². The van der Waals surface area contributed by atoms with Crippen molar-refractivity contribution in [1.82, 2.24) is 0 Å². The van der Waals surface area contributed by atoms with Crippen LogP contribution in [0.4, 0.5) is 10.1 Å². The van der Waals surface area contributed by atoms with E-state index in [1.807, 2.05) is 0 Å². The molecule has 0 heterocycles. The summed E-state index contributed by atoms with van der Waals surface area (Å²) < 4.78 is 13.6. The lowest BCUT2D eigenvalue weighted by atomic mass is 9.99. The minimum atomic E-state index is -1.33. The van der Waals surface area contributed by atoms with Gasteiger partial charge in [0.25, 0.3) is 0 Å². The largest absolute Gasteiger partial charge is 0.478 e. The molecule has 0 bridgehead atoms. The number of benzene rings is 1. The normalized spacial score (nSPS) is 10.6. The van der Waals surface area contributed by atoms with Gasteiger partial charge in [-0.25, -0.2) is 9.18 Å².